The highest BCUT2D eigenvalue weighted by molar-refractivity contribution is 5.50. The van der Waals surface area contributed by atoms with Crippen LogP contribution >= 0.6 is 0 Å². The SMILES string of the molecule is CCCCC(CC)CC(c1ccccc1)(c1ccccc1)c1ccccc1. The van der Waals surface area contributed by atoms with Crippen molar-refractivity contribution in [3.63, 3.8) is 0 Å². The maximum atomic E-state index is 2.35. The summed E-state index contributed by atoms with van der Waals surface area (Å²) in [5.74, 6) is 0.713. The molecule has 0 spiro atoms. The van der Waals surface area contributed by atoms with Crippen molar-refractivity contribution in [2.75, 3.05) is 0 Å². The molecule has 0 bridgehead atoms. The highest BCUT2D eigenvalue weighted by Crippen LogP contribution is 2.45. The molecule has 140 valence electrons. The lowest BCUT2D eigenvalue weighted by molar-refractivity contribution is 0.359. The molecule has 0 fully saturated rings. The zero-order valence-electron chi connectivity index (χ0n) is 16.8. The fraction of sp³-hybridized carbons (Fsp3) is 0.333. The summed E-state index contributed by atoms with van der Waals surface area (Å²) in [5, 5.41) is 0. The van der Waals surface area contributed by atoms with Gasteiger partial charge in [-0.2, -0.15) is 0 Å². The van der Waals surface area contributed by atoms with E-state index in [0.717, 1.165) is 6.42 Å². The van der Waals surface area contributed by atoms with Gasteiger partial charge in [0.05, 0.1) is 0 Å². The molecule has 0 heterocycles. The average Bonchev–Trinajstić information content (AvgIpc) is 2.76. The first-order valence-electron chi connectivity index (χ1n) is 10.5. The number of hydrogen-bond acceptors (Lipinski definition) is 0. The first kappa shape index (κ1) is 19.4. The summed E-state index contributed by atoms with van der Waals surface area (Å²) in [6, 6.07) is 33.3. The van der Waals surface area contributed by atoms with Gasteiger partial charge in [0.15, 0.2) is 0 Å². The zero-order chi connectivity index (χ0) is 19.0. The smallest absolute Gasteiger partial charge is 0.0454 e. The molecule has 3 aromatic carbocycles. The second-order valence-electron chi connectivity index (χ2n) is 7.62. The normalized spacial score (nSPS) is 12.7. The Labute approximate surface area is 165 Å². The third-order valence-electron chi connectivity index (χ3n) is 5.94. The zero-order valence-corrected chi connectivity index (χ0v) is 16.8. The number of unbranched alkanes of at least 4 members (excludes halogenated alkanes) is 1. The predicted molar refractivity (Wildman–Crippen MR) is 117 cm³/mol. The summed E-state index contributed by atoms with van der Waals surface area (Å²) in [5.41, 5.74) is 4.10. The lowest BCUT2D eigenvalue weighted by Crippen LogP contribution is -2.32. The summed E-state index contributed by atoms with van der Waals surface area (Å²) < 4.78 is 0. The lowest BCUT2D eigenvalue weighted by atomic mass is 9.64. The van der Waals surface area contributed by atoms with Crippen LogP contribution in [0.3, 0.4) is 0 Å². The van der Waals surface area contributed by atoms with Gasteiger partial charge in [0.25, 0.3) is 0 Å². The first-order chi connectivity index (χ1) is 13.3. The summed E-state index contributed by atoms with van der Waals surface area (Å²) in [4.78, 5) is 0. The highest BCUT2D eigenvalue weighted by atomic mass is 14.4. The van der Waals surface area contributed by atoms with Crippen LogP contribution in [0.1, 0.15) is 62.6 Å². The summed E-state index contributed by atoms with van der Waals surface area (Å²) in [6.07, 6.45) is 6.27. The molecule has 0 aliphatic carbocycles. The maximum Gasteiger partial charge on any atom is 0.0454 e. The molecule has 0 saturated carbocycles. The van der Waals surface area contributed by atoms with Crippen molar-refractivity contribution in [3.8, 4) is 0 Å². The van der Waals surface area contributed by atoms with E-state index in [2.05, 4.69) is 105 Å². The second kappa shape index (κ2) is 9.55. The molecule has 1 atom stereocenters. The maximum absolute atomic E-state index is 2.35. The molecule has 0 aliphatic rings. The molecule has 3 rings (SSSR count). The Kier molecular flexibility index (Phi) is 6.87. The summed E-state index contributed by atoms with van der Waals surface area (Å²) in [7, 11) is 0. The van der Waals surface area contributed by atoms with Gasteiger partial charge in [-0.1, -0.05) is 131 Å². The molecular weight excluding hydrogens is 324 g/mol. The van der Waals surface area contributed by atoms with E-state index in [9.17, 15) is 0 Å². The number of rotatable bonds is 9. The van der Waals surface area contributed by atoms with Crippen LogP contribution in [0, 0.1) is 5.92 Å². The van der Waals surface area contributed by atoms with Gasteiger partial charge >= 0.3 is 0 Å². The minimum absolute atomic E-state index is 0.0990. The quantitative estimate of drug-likeness (QED) is 0.346. The number of benzene rings is 3. The molecule has 0 amide bonds. The molecule has 3 aromatic rings. The molecule has 0 N–H and O–H groups in total. The van der Waals surface area contributed by atoms with Crippen LogP contribution in [-0.2, 0) is 5.41 Å². The topological polar surface area (TPSA) is 0 Å². The average molecular weight is 357 g/mol. The Hall–Kier alpha value is -2.34. The van der Waals surface area contributed by atoms with Gasteiger partial charge < -0.3 is 0 Å². The van der Waals surface area contributed by atoms with Gasteiger partial charge in [0, 0.05) is 5.41 Å². The van der Waals surface area contributed by atoms with E-state index in [4.69, 9.17) is 0 Å². The Balaban J connectivity index is 2.19. The largest absolute Gasteiger partial charge is 0.0654 e. The van der Waals surface area contributed by atoms with E-state index in [1.54, 1.807) is 0 Å². The molecule has 0 radical (unpaired) electrons. The molecule has 0 heteroatoms. The highest BCUT2D eigenvalue weighted by Gasteiger charge is 2.37. The summed E-state index contributed by atoms with van der Waals surface area (Å²) >= 11 is 0. The van der Waals surface area contributed by atoms with E-state index in [1.807, 2.05) is 0 Å². The van der Waals surface area contributed by atoms with E-state index in [-0.39, 0.29) is 5.41 Å². The minimum atomic E-state index is -0.0990. The van der Waals surface area contributed by atoms with Crippen LogP contribution in [-0.4, -0.2) is 0 Å². The molecule has 0 aliphatic heterocycles. The van der Waals surface area contributed by atoms with E-state index in [1.165, 1.54) is 42.4 Å². The van der Waals surface area contributed by atoms with Crippen molar-refractivity contribution in [1.82, 2.24) is 0 Å². The molecule has 27 heavy (non-hydrogen) atoms. The lowest BCUT2D eigenvalue weighted by Gasteiger charge is -2.39. The van der Waals surface area contributed by atoms with Crippen LogP contribution in [0.25, 0.3) is 0 Å². The Morgan fingerprint density at radius 2 is 1.04 bits per heavy atom. The monoisotopic (exact) mass is 356 g/mol. The Morgan fingerprint density at radius 1 is 0.630 bits per heavy atom. The van der Waals surface area contributed by atoms with Gasteiger partial charge in [-0.25, -0.2) is 0 Å². The number of hydrogen-bond donors (Lipinski definition) is 0. The van der Waals surface area contributed by atoms with Crippen LogP contribution in [0.5, 0.6) is 0 Å². The van der Waals surface area contributed by atoms with Crippen molar-refractivity contribution in [3.05, 3.63) is 108 Å². The minimum Gasteiger partial charge on any atom is -0.0654 e. The third kappa shape index (κ3) is 4.33. The fourth-order valence-corrected chi connectivity index (χ4v) is 4.40. The Bertz CT molecular complexity index is 677. The van der Waals surface area contributed by atoms with E-state index in [0.29, 0.717) is 5.92 Å². The molecule has 1 unspecified atom stereocenters. The molecule has 0 aromatic heterocycles. The van der Waals surface area contributed by atoms with Gasteiger partial charge in [-0.3, -0.25) is 0 Å². The van der Waals surface area contributed by atoms with Crippen LogP contribution in [0.4, 0.5) is 0 Å². The van der Waals surface area contributed by atoms with Crippen LogP contribution < -0.4 is 0 Å². The van der Waals surface area contributed by atoms with Crippen molar-refractivity contribution in [1.29, 1.82) is 0 Å². The van der Waals surface area contributed by atoms with Gasteiger partial charge in [0.1, 0.15) is 0 Å². The summed E-state index contributed by atoms with van der Waals surface area (Å²) in [6.45, 7) is 4.65. The van der Waals surface area contributed by atoms with Crippen LogP contribution in [0.2, 0.25) is 0 Å². The standard InChI is InChI=1S/C27H32/c1-3-5-15-23(4-2)22-27(24-16-9-6-10-17-24,25-18-11-7-12-19-25)26-20-13-8-14-21-26/h6-14,16-21,23H,3-5,15,22H2,1-2H3. The molecule has 0 saturated heterocycles. The van der Waals surface area contributed by atoms with Gasteiger partial charge in [-0.05, 0) is 29.0 Å². The van der Waals surface area contributed by atoms with Gasteiger partial charge in [0.2, 0.25) is 0 Å². The van der Waals surface area contributed by atoms with Gasteiger partial charge in [-0.15, -0.1) is 0 Å². The van der Waals surface area contributed by atoms with Crippen molar-refractivity contribution in [2.45, 2.75) is 51.4 Å². The molecular formula is C27H32. The molecule has 0 nitrogen and oxygen atoms in total. The van der Waals surface area contributed by atoms with E-state index < -0.39 is 0 Å². The van der Waals surface area contributed by atoms with Crippen molar-refractivity contribution in [2.24, 2.45) is 5.92 Å². The van der Waals surface area contributed by atoms with E-state index >= 15 is 0 Å². The third-order valence-corrected chi connectivity index (χ3v) is 5.94. The van der Waals surface area contributed by atoms with Crippen molar-refractivity contribution < 1.29 is 0 Å². The Morgan fingerprint density at radius 3 is 1.37 bits per heavy atom. The fourth-order valence-electron chi connectivity index (χ4n) is 4.40. The first-order valence-corrected chi connectivity index (χ1v) is 10.5. The predicted octanol–water partition coefficient (Wildman–Crippen LogP) is 7.63. The second-order valence-corrected chi connectivity index (χ2v) is 7.62. The van der Waals surface area contributed by atoms with Crippen LogP contribution in [0.15, 0.2) is 91.0 Å². The van der Waals surface area contributed by atoms with Crippen molar-refractivity contribution >= 4 is 0 Å².